The highest BCUT2D eigenvalue weighted by molar-refractivity contribution is 7.15. The van der Waals surface area contributed by atoms with Crippen LogP contribution in [0, 0.1) is 0 Å². The lowest BCUT2D eigenvalue weighted by Gasteiger charge is -2.34. The molecule has 0 radical (unpaired) electrons. The molecule has 0 fully saturated rings. The minimum absolute atomic E-state index is 0.0945. The van der Waals surface area contributed by atoms with E-state index < -0.39 is 0 Å². The van der Waals surface area contributed by atoms with E-state index in [4.69, 9.17) is 4.98 Å². The van der Waals surface area contributed by atoms with Crippen molar-refractivity contribution in [3.8, 4) is 0 Å². The molecule has 104 valence electrons. The number of thiazole rings is 1. The summed E-state index contributed by atoms with van der Waals surface area (Å²) in [6.45, 7) is 11.0. The first-order chi connectivity index (χ1) is 8.37. The fraction of sp³-hybridized carbons (Fsp3) is 0.786. The van der Waals surface area contributed by atoms with Gasteiger partial charge in [0.25, 0.3) is 0 Å². The third kappa shape index (κ3) is 3.04. The summed E-state index contributed by atoms with van der Waals surface area (Å²) in [6.07, 6.45) is 2.12. The predicted octanol–water partition coefficient (Wildman–Crippen LogP) is 3.77. The smallest absolute Gasteiger partial charge is 0.186 e. The van der Waals surface area contributed by atoms with Crippen LogP contribution in [-0.4, -0.2) is 22.7 Å². The fourth-order valence-corrected chi connectivity index (χ4v) is 2.85. The van der Waals surface area contributed by atoms with Gasteiger partial charge in [-0.15, -0.1) is 0 Å². The van der Waals surface area contributed by atoms with Gasteiger partial charge in [0.15, 0.2) is 5.13 Å². The summed E-state index contributed by atoms with van der Waals surface area (Å²) >= 11 is 1.62. The molecule has 0 saturated heterocycles. The second kappa shape index (κ2) is 6.02. The molecule has 1 aromatic heterocycles. The first-order valence-electron chi connectivity index (χ1n) is 6.71. The van der Waals surface area contributed by atoms with Gasteiger partial charge in [0.1, 0.15) is 0 Å². The average molecular weight is 270 g/mol. The van der Waals surface area contributed by atoms with Crippen molar-refractivity contribution < 1.29 is 5.11 Å². The van der Waals surface area contributed by atoms with Crippen LogP contribution >= 0.6 is 11.3 Å². The van der Waals surface area contributed by atoms with E-state index in [1.54, 1.807) is 11.3 Å². The highest BCUT2D eigenvalue weighted by Gasteiger charge is 2.26. The summed E-state index contributed by atoms with van der Waals surface area (Å²) in [5.74, 6) is 0.412. The van der Waals surface area contributed by atoms with Crippen LogP contribution < -0.4 is 4.90 Å². The summed E-state index contributed by atoms with van der Waals surface area (Å²) in [7, 11) is 2.09. The molecule has 3 nitrogen and oxygen atoms in total. The SMILES string of the molecule is CCC(C)c1nc(N(C)C(C)(C)CC)sc1CO. The van der Waals surface area contributed by atoms with Crippen LogP contribution in [0.25, 0.3) is 0 Å². The lowest BCUT2D eigenvalue weighted by atomic mass is 10.0. The van der Waals surface area contributed by atoms with Crippen molar-refractivity contribution in [3.63, 3.8) is 0 Å². The number of aromatic nitrogens is 1. The zero-order valence-electron chi connectivity index (χ0n) is 12.4. The third-order valence-corrected chi connectivity index (χ3v) is 5.13. The van der Waals surface area contributed by atoms with Crippen LogP contribution in [0.5, 0.6) is 0 Å². The van der Waals surface area contributed by atoms with Crippen molar-refractivity contribution in [1.29, 1.82) is 0 Å². The van der Waals surface area contributed by atoms with Crippen LogP contribution in [0.3, 0.4) is 0 Å². The minimum atomic E-state index is 0.0945. The number of anilines is 1. The van der Waals surface area contributed by atoms with E-state index in [0.29, 0.717) is 5.92 Å². The Morgan fingerprint density at radius 3 is 2.44 bits per heavy atom. The molecule has 1 unspecified atom stereocenters. The zero-order chi connectivity index (χ0) is 13.9. The summed E-state index contributed by atoms with van der Waals surface area (Å²) in [6, 6.07) is 0. The molecule has 0 amide bonds. The topological polar surface area (TPSA) is 36.4 Å². The number of aliphatic hydroxyl groups is 1. The van der Waals surface area contributed by atoms with Gasteiger partial charge in [-0.05, 0) is 32.6 Å². The van der Waals surface area contributed by atoms with Crippen LogP contribution in [0.4, 0.5) is 5.13 Å². The average Bonchev–Trinajstić information content (AvgIpc) is 2.80. The first-order valence-corrected chi connectivity index (χ1v) is 7.53. The Morgan fingerprint density at radius 2 is 2.00 bits per heavy atom. The maximum atomic E-state index is 9.47. The van der Waals surface area contributed by atoms with Crippen LogP contribution in [0.1, 0.15) is 63.9 Å². The zero-order valence-corrected chi connectivity index (χ0v) is 13.3. The molecule has 1 atom stereocenters. The Balaban J connectivity index is 3.08. The van der Waals surface area contributed by atoms with Crippen LogP contribution in [0.15, 0.2) is 0 Å². The third-order valence-electron chi connectivity index (χ3n) is 4.00. The molecule has 1 heterocycles. The summed E-state index contributed by atoms with van der Waals surface area (Å²) < 4.78 is 0. The Labute approximate surface area is 115 Å². The van der Waals surface area contributed by atoms with Crippen molar-refractivity contribution in [2.45, 2.75) is 65.5 Å². The van der Waals surface area contributed by atoms with Crippen molar-refractivity contribution in [3.05, 3.63) is 10.6 Å². The molecular formula is C14H26N2OS. The molecule has 4 heteroatoms. The van der Waals surface area contributed by atoms with Gasteiger partial charge in [0.05, 0.1) is 17.2 Å². The van der Waals surface area contributed by atoms with Crippen molar-refractivity contribution >= 4 is 16.5 Å². The van der Waals surface area contributed by atoms with Crippen molar-refractivity contribution in [1.82, 2.24) is 4.98 Å². The molecule has 0 spiro atoms. The lowest BCUT2D eigenvalue weighted by molar-refractivity contribution is 0.283. The lowest BCUT2D eigenvalue weighted by Crippen LogP contribution is -2.40. The Kier molecular flexibility index (Phi) is 5.17. The van der Waals surface area contributed by atoms with E-state index in [2.05, 4.69) is 46.6 Å². The second-order valence-electron chi connectivity index (χ2n) is 5.50. The molecule has 1 rings (SSSR count). The molecule has 0 aliphatic carbocycles. The van der Waals surface area contributed by atoms with Gasteiger partial charge in [0, 0.05) is 12.6 Å². The Bertz CT molecular complexity index is 387. The quantitative estimate of drug-likeness (QED) is 0.854. The van der Waals surface area contributed by atoms with E-state index in [1.165, 1.54) is 0 Å². The highest BCUT2D eigenvalue weighted by Crippen LogP contribution is 2.34. The number of nitrogens with zero attached hydrogens (tertiary/aromatic N) is 2. The maximum Gasteiger partial charge on any atom is 0.186 e. The highest BCUT2D eigenvalue weighted by atomic mass is 32.1. The molecular weight excluding hydrogens is 244 g/mol. The molecule has 0 aliphatic rings. The van der Waals surface area contributed by atoms with E-state index in [0.717, 1.165) is 28.5 Å². The van der Waals surface area contributed by atoms with E-state index >= 15 is 0 Å². The monoisotopic (exact) mass is 270 g/mol. The molecule has 0 aliphatic heterocycles. The minimum Gasteiger partial charge on any atom is -0.391 e. The standard InChI is InChI=1S/C14H26N2OS/c1-7-10(3)12-11(9-17)18-13(15-12)16(6)14(4,5)8-2/h10,17H,7-9H2,1-6H3. The second-order valence-corrected chi connectivity index (χ2v) is 6.56. The Hall–Kier alpha value is -0.610. The van der Waals surface area contributed by atoms with Gasteiger partial charge >= 0.3 is 0 Å². The summed E-state index contributed by atoms with van der Waals surface area (Å²) in [4.78, 5) is 7.99. The first kappa shape index (κ1) is 15.4. The molecule has 1 N–H and O–H groups in total. The van der Waals surface area contributed by atoms with Gasteiger partial charge in [-0.2, -0.15) is 0 Å². The predicted molar refractivity (Wildman–Crippen MR) is 79.5 cm³/mol. The molecule has 18 heavy (non-hydrogen) atoms. The Morgan fingerprint density at radius 1 is 1.39 bits per heavy atom. The van der Waals surface area contributed by atoms with E-state index in [1.807, 2.05) is 0 Å². The normalized spacial score (nSPS) is 13.7. The molecule has 0 aromatic carbocycles. The molecule has 0 saturated carbocycles. The summed E-state index contributed by atoms with van der Waals surface area (Å²) in [5, 5.41) is 10.5. The van der Waals surface area contributed by atoms with Gasteiger partial charge < -0.3 is 10.0 Å². The van der Waals surface area contributed by atoms with Gasteiger partial charge in [-0.3, -0.25) is 0 Å². The van der Waals surface area contributed by atoms with Crippen molar-refractivity contribution in [2.75, 3.05) is 11.9 Å². The summed E-state index contributed by atoms with van der Waals surface area (Å²) in [5.41, 5.74) is 1.16. The van der Waals surface area contributed by atoms with Crippen LogP contribution in [-0.2, 0) is 6.61 Å². The molecule has 0 bridgehead atoms. The van der Waals surface area contributed by atoms with Crippen LogP contribution in [0.2, 0.25) is 0 Å². The number of rotatable bonds is 6. The number of aliphatic hydroxyl groups excluding tert-OH is 1. The van der Waals surface area contributed by atoms with E-state index in [-0.39, 0.29) is 12.1 Å². The largest absolute Gasteiger partial charge is 0.391 e. The number of hydrogen-bond acceptors (Lipinski definition) is 4. The van der Waals surface area contributed by atoms with E-state index in [9.17, 15) is 5.11 Å². The fourth-order valence-electron chi connectivity index (χ4n) is 1.68. The van der Waals surface area contributed by atoms with Crippen molar-refractivity contribution in [2.24, 2.45) is 0 Å². The molecule has 1 aromatic rings. The number of hydrogen-bond donors (Lipinski definition) is 1. The van der Waals surface area contributed by atoms with Gasteiger partial charge in [-0.1, -0.05) is 32.1 Å². The maximum absolute atomic E-state index is 9.47. The van der Waals surface area contributed by atoms with Gasteiger partial charge in [0.2, 0.25) is 0 Å². The van der Waals surface area contributed by atoms with Gasteiger partial charge in [-0.25, -0.2) is 4.98 Å².